The van der Waals surface area contributed by atoms with Gasteiger partial charge in [0, 0.05) is 36.1 Å². The quantitative estimate of drug-likeness (QED) is 0.934. The molecule has 7 heteroatoms. The molecule has 1 aromatic carbocycles. The van der Waals surface area contributed by atoms with Crippen LogP contribution in [0.3, 0.4) is 0 Å². The molecule has 2 aromatic rings. The first-order valence-electron chi connectivity index (χ1n) is 6.84. The number of benzene rings is 1. The molecule has 0 spiro atoms. The molecule has 5 nitrogen and oxygen atoms in total. The maximum absolute atomic E-state index is 12.2. The highest BCUT2D eigenvalue weighted by Gasteiger charge is 2.34. The van der Waals surface area contributed by atoms with E-state index in [4.69, 9.17) is 11.6 Å². The summed E-state index contributed by atoms with van der Waals surface area (Å²) in [5.41, 5.74) is 0.999. The molecule has 1 aliphatic rings. The first-order valence-corrected chi connectivity index (χ1v) is 8.10. The molecule has 0 aliphatic carbocycles. The number of anilines is 1. The fraction of sp³-hybridized carbons (Fsp3) is 0.267. The molecular formula is C15H14ClN3O2S. The second-order valence-corrected chi connectivity index (χ2v) is 6.46. The molecule has 0 bridgehead atoms. The van der Waals surface area contributed by atoms with Gasteiger partial charge in [-0.2, -0.15) is 0 Å². The summed E-state index contributed by atoms with van der Waals surface area (Å²) in [7, 11) is 0. The van der Waals surface area contributed by atoms with Crippen LogP contribution in [0.5, 0.6) is 0 Å². The maximum Gasteiger partial charge on any atom is 0.231 e. The van der Waals surface area contributed by atoms with Crippen LogP contribution in [-0.2, 0) is 16.1 Å². The van der Waals surface area contributed by atoms with Crippen LogP contribution in [0.1, 0.15) is 12.0 Å². The molecular weight excluding hydrogens is 322 g/mol. The number of amides is 2. The number of carbonyl (C=O) groups excluding carboxylic acids is 2. The van der Waals surface area contributed by atoms with Gasteiger partial charge in [-0.3, -0.25) is 9.59 Å². The average molecular weight is 336 g/mol. The van der Waals surface area contributed by atoms with E-state index in [-0.39, 0.29) is 24.2 Å². The highest BCUT2D eigenvalue weighted by atomic mass is 35.5. The first kappa shape index (κ1) is 15.0. The van der Waals surface area contributed by atoms with Gasteiger partial charge in [-0.05, 0) is 17.7 Å². The summed E-state index contributed by atoms with van der Waals surface area (Å²) in [6, 6.07) is 7.37. The third-order valence-electron chi connectivity index (χ3n) is 3.53. The second-order valence-electron chi connectivity index (χ2n) is 5.13. The fourth-order valence-electron chi connectivity index (χ4n) is 2.40. The highest BCUT2D eigenvalue weighted by Crippen LogP contribution is 2.23. The van der Waals surface area contributed by atoms with Gasteiger partial charge >= 0.3 is 0 Å². The van der Waals surface area contributed by atoms with E-state index >= 15 is 0 Å². The number of likely N-dealkylation sites (tertiary alicyclic amines) is 1. The molecule has 1 atom stereocenters. The van der Waals surface area contributed by atoms with Crippen molar-refractivity contribution in [1.29, 1.82) is 0 Å². The Labute approximate surface area is 136 Å². The van der Waals surface area contributed by atoms with E-state index in [2.05, 4.69) is 10.3 Å². The topological polar surface area (TPSA) is 62.3 Å². The average Bonchev–Trinajstić information content (AvgIpc) is 3.12. The van der Waals surface area contributed by atoms with Crippen molar-refractivity contribution in [2.45, 2.75) is 13.0 Å². The number of rotatable bonds is 4. The molecule has 2 heterocycles. The third-order valence-corrected chi connectivity index (χ3v) is 4.47. The number of thiazole rings is 1. The van der Waals surface area contributed by atoms with Crippen LogP contribution in [0.4, 0.5) is 5.13 Å². The zero-order chi connectivity index (χ0) is 15.5. The number of hydrogen-bond acceptors (Lipinski definition) is 4. The van der Waals surface area contributed by atoms with Gasteiger partial charge < -0.3 is 10.2 Å². The van der Waals surface area contributed by atoms with Crippen molar-refractivity contribution in [3.8, 4) is 0 Å². The molecule has 2 amide bonds. The minimum absolute atomic E-state index is 0.00533. The highest BCUT2D eigenvalue weighted by molar-refractivity contribution is 7.13. The van der Waals surface area contributed by atoms with E-state index in [0.29, 0.717) is 23.2 Å². The van der Waals surface area contributed by atoms with Gasteiger partial charge in [0.2, 0.25) is 11.8 Å². The smallest absolute Gasteiger partial charge is 0.231 e. The van der Waals surface area contributed by atoms with Crippen LogP contribution in [0.25, 0.3) is 0 Å². The van der Waals surface area contributed by atoms with Gasteiger partial charge in [0.25, 0.3) is 0 Å². The predicted octanol–water partition coefficient (Wildman–Crippen LogP) is 2.78. The Morgan fingerprint density at radius 2 is 2.18 bits per heavy atom. The van der Waals surface area contributed by atoms with E-state index in [0.717, 1.165) is 5.56 Å². The van der Waals surface area contributed by atoms with E-state index in [1.54, 1.807) is 28.6 Å². The van der Waals surface area contributed by atoms with Gasteiger partial charge in [-0.25, -0.2) is 4.98 Å². The molecule has 1 aliphatic heterocycles. The summed E-state index contributed by atoms with van der Waals surface area (Å²) < 4.78 is 0. The SMILES string of the molecule is O=C(Nc1nccs1)[C@H]1CC(=O)N(Cc2ccc(Cl)cc2)C1. The van der Waals surface area contributed by atoms with Crippen LogP contribution in [-0.4, -0.2) is 28.2 Å². The van der Waals surface area contributed by atoms with Crippen molar-refractivity contribution < 1.29 is 9.59 Å². The van der Waals surface area contributed by atoms with Crippen LogP contribution >= 0.6 is 22.9 Å². The Morgan fingerprint density at radius 1 is 1.41 bits per heavy atom. The van der Waals surface area contributed by atoms with E-state index in [1.165, 1.54) is 11.3 Å². The lowest BCUT2D eigenvalue weighted by atomic mass is 10.1. The summed E-state index contributed by atoms with van der Waals surface area (Å²) in [6.07, 6.45) is 1.87. The van der Waals surface area contributed by atoms with Crippen LogP contribution in [0, 0.1) is 5.92 Å². The molecule has 0 radical (unpaired) electrons. The fourth-order valence-corrected chi connectivity index (χ4v) is 3.06. The molecule has 22 heavy (non-hydrogen) atoms. The predicted molar refractivity (Wildman–Crippen MR) is 85.7 cm³/mol. The van der Waals surface area contributed by atoms with E-state index < -0.39 is 0 Å². The Bertz CT molecular complexity index is 673. The number of aromatic nitrogens is 1. The third kappa shape index (κ3) is 3.45. The summed E-state index contributed by atoms with van der Waals surface area (Å²) in [4.78, 5) is 30.0. The number of hydrogen-bond donors (Lipinski definition) is 1. The van der Waals surface area contributed by atoms with Crippen molar-refractivity contribution in [2.75, 3.05) is 11.9 Å². The number of halogens is 1. The van der Waals surface area contributed by atoms with Crippen LogP contribution in [0.15, 0.2) is 35.8 Å². The standard InChI is InChI=1S/C15H14ClN3O2S/c16-12-3-1-10(2-4-12)8-19-9-11(7-13(19)20)14(21)18-15-17-5-6-22-15/h1-6,11H,7-9H2,(H,17,18,21)/t11-/m0/s1. The van der Waals surface area contributed by atoms with Gasteiger partial charge in [-0.15, -0.1) is 11.3 Å². The number of carbonyl (C=O) groups is 2. The summed E-state index contributed by atoms with van der Waals surface area (Å²) in [5, 5.41) is 5.77. The minimum atomic E-state index is -0.330. The van der Waals surface area contributed by atoms with Crippen molar-refractivity contribution in [3.05, 3.63) is 46.4 Å². The second kappa shape index (κ2) is 6.46. The Morgan fingerprint density at radius 3 is 2.86 bits per heavy atom. The molecule has 0 saturated carbocycles. The maximum atomic E-state index is 12.2. The van der Waals surface area contributed by atoms with Crippen LogP contribution < -0.4 is 5.32 Å². The molecule has 3 rings (SSSR count). The summed E-state index contributed by atoms with van der Waals surface area (Å²) >= 11 is 7.21. The van der Waals surface area contributed by atoms with Crippen molar-refractivity contribution in [3.63, 3.8) is 0 Å². The van der Waals surface area contributed by atoms with E-state index in [9.17, 15) is 9.59 Å². The van der Waals surface area contributed by atoms with Crippen molar-refractivity contribution >= 4 is 39.9 Å². The zero-order valence-electron chi connectivity index (χ0n) is 11.7. The van der Waals surface area contributed by atoms with E-state index in [1.807, 2.05) is 12.1 Å². The van der Waals surface area contributed by atoms with Gasteiger partial charge in [0.1, 0.15) is 0 Å². The lowest BCUT2D eigenvalue weighted by Crippen LogP contribution is -2.28. The monoisotopic (exact) mass is 335 g/mol. The number of nitrogens with one attached hydrogen (secondary N) is 1. The molecule has 1 aromatic heterocycles. The largest absolute Gasteiger partial charge is 0.338 e. The van der Waals surface area contributed by atoms with Gasteiger partial charge in [0.05, 0.1) is 5.92 Å². The van der Waals surface area contributed by atoms with Crippen molar-refractivity contribution in [2.24, 2.45) is 5.92 Å². The Balaban J connectivity index is 1.60. The zero-order valence-corrected chi connectivity index (χ0v) is 13.2. The summed E-state index contributed by atoms with van der Waals surface area (Å²) in [5.74, 6) is -0.486. The summed E-state index contributed by atoms with van der Waals surface area (Å²) in [6.45, 7) is 0.926. The molecule has 0 unspecified atom stereocenters. The minimum Gasteiger partial charge on any atom is -0.338 e. The Hall–Kier alpha value is -1.92. The molecule has 1 fully saturated rings. The van der Waals surface area contributed by atoms with Crippen molar-refractivity contribution in [1.82, 2.24) is 9.88 Å². The first-order chi connectivity index (χ1) is 10.6. The van der Waals surface area contributed by atoms with Gasteiger partial charge in [-0.1, -0.05) is 23.7 Å². The van der Waals surface area contributed by atoms with Crippen LogP contribution in [0.2, 0.25) is 5.02 Å². The Kier molecular flexibility index (Phi) is 4.40. The normalized spacial score (nSPS) is 17.8. The molecule has 114 valence electrons. The van der Waals surface area contributed by atoms with Gasteiger partial charge in [0.15, 0.2) is 5.13 Å². The number of nitrogens with zero attached hydrogens (tertiary/aromatic N) is 2. The lowest BCUT2D eigenvalue weighted by molar-refractivity contribution is -0.128. The lowest BCUT2D eigenvalue weighted by Gasteiger charge is -2.16. The molecule has 1 saturated heterocycles. The molecule has 1 N–H and O–H groups in total.